The molecular weight excluding hydrogens is 328 g/mol. The monoisotopic (exact) mass is 350 g/mol. The number of piperidine rings is 1. The van der Waals surface area contributed by atoms with Crippen molar-refractivity contribution in [1.29, 1.82) is 0 Å². The number of aromatic nitrogens is 1. The number of rotatable bonds is 2. The van der Waals surface area contributed by atoms with Gasteiger partial charge in [-0.2, -0.15) is 0 Å². The lowest BCUT2D eigenvalue weighted by molar-refractivity contribution is 0.219. The van der Waals surface area contributed by atoms with Crippen LogP contribution < -0.4 is 5.56 Å². The van der Waals surface area contributed by atoms with Crippen LogP contribution >= 0.6 is 24.2 Å². The third-order valence-corrected chi connectivity index (χ3v) is 6.06. The quantitative estimate of drug-likeness (QED) is 0.821. The summed E-state index contributed by atoms with van der Waals surface area (Å²) in [6.07, 6.45) is 5.07. The zero-order chi connectivity index (χ0) is 14.9. The van der Waals surface area contributed by atoms with E-state index < -0.39 is 0 Å². The lowest BCUT2D eigenvalue weighted by Crippen LogP contribution is -2.32. The highest BCUT2D eigenvalue weighted by atomic mass is 35.5. The van der Waals surface area contributed by atoms with Gasteiger partial charge in [-0.25, -0.2) is 0 Å². The number of fused-ring (bicyclic) bond motifs is 2. The molecule has 23 heavy (non-hydrogen) atoms. The van der Waals surface area contributed by atoms with Crippen molar-refractivity contribution >= 4 is 34.9 Å². The molecule has 0 saturated carbocycles. The zero-order valence-corrected chi connectivity index (χ0v) is 14.9. The van der Waals surface area contributed by atoms with E-state index in [0.29, 0.717) is 0 Å². The van der Waals surface area contributed by atoms with Crippen molar-refractivity contribution in [1.82, 2.24) is 9.47 Å². The van der Waals surface area contributed by atoms with Crippen LogP contribution in [-0.2, 0) is 13.1 Å². The average Bonchev–Trinajstić information content (AvgIpc) is 2.59. The van der Waals surface area contributed by atoms with Crippen LogP contribution in [0.4, 0.5) is 0 Å². The van der Waals surface area contributed by atoms with Crippen LogP contribution in [0.5, 0.6) is 0 Å². The summed E-state index contributed by atoms with van der Waals surface area (Å²) >= 11 is 1.87. The van der Waals surface area contributed by atoms with Crippen molar-refractivity contribution in [3.8, 4) is 0 Å². The zero-order valence-electron chi connectivity index (χ0n) is 13.3. The molecule has 3 nitrogen and oxygen atoms in total. The van der Waals surface area contributed by atoms with Crippen molar-refractivity contribution < 1.29 is 0 Å². The van der Waals surface area contributed by atoms with Gasteiger partial charge in [-0.1, -0.05) is 24.6 Å². The lowest BCUT2D eigenvalue weighted by Gasteiger charge is -2.29. The van der Waals surface area contributed by atoms with Gasteiger partial charge in [-0.3, -0.25) is 9.69 Å². The summed E-state index contributed by atoms with van der Waals surface area (Å²) < 4.78 is 2.02. The molecule has 0 radical (unpaired) electrons. The molecule has 0 aliphatic carbocycles. The molecule has 4 rings (SSSR count). The average molecular weight is 351 g/mol. The largest absolute Gasteiger partial charge is 0.302 e. The molecule has 5 heteroatoms. The number of hydrogen-bond acceptors (Lipinski definition) is 3. The molecule has 1 saturated heterocycles. The fraction of sp³-hybridized carbons (Fsp3) is 0.500. The summed E-state index contributed by atoms with van der Waals surface area (Å²) in [4.78, 5) is 15.3. The normalized spacial score (nSPS) is 18.4. The third kappa shape index (κ3) is 3.17. The number of thioether (sulfide) groups is 1. The van der Waals surface area contributed by atoms with Gasteiger partial charge in [0.15, 0.2) is 0 Å². The Morgan fingerprint density at radius 3 is 2.48 bits per heavy atom. The molecule has 2 aliphatic heterocycles. The van der Waals surface area contributed by atoms with E-state index in [0.717, 1.165) is 30.6 Å². The molecule has 1 fully saturated rings. The number of halogens is 1. The van der Waals surface area contributed by atoms with Crippen LogP contribution in [0.15, 0.2) is 34.1 Å². The molecule has 2 aliphatic rings. The van der Waals surface area contributed by atoms with E-state index in [-0.39, 0.29) is 18.0 Å². The fourth-order valence-corrected chi connectivity index (χ4v) is 4.85. The topological polar surface area (TPSA) is 25.2 Å². The van der Waals surface area contributed by atoms with Crippen molar-refractivity contribution in [2.75, 3.05) is 18.8 Å². The Morgan fingerprint density at radius 1 is 0.957 bits per heavy atom. The Balaban J connectivity index is 0.00000156. The molecule has 3 heterocycles. The Bertz CT molecular complexity index is 753. The number of pyridine rings is 1. The van der Waals surface area contributed by atoms with Gasteiger partial charge in [0, 0.05) is 29.8 Å². The van der Waals surface area contributed by atoms with Crippen molar-refractivity contribution in [3.05, 3.63) is 40.2 Å². The van der Waals surface area contributed by atoms with E-state index >= 15 is 0 Å². The number of nitrogens with zero attached hydrogens (tertiary/aromatic N) is 2. The Hall–Kier alpha value is -0.970. The molecule has 1 aromatic carbocycles. The molecular formula is C18H23ClN2OS. The highest BCUT2D eigenvalue weighted by Crippen LogP contribution is 2.32. The molecule has 124 valence electrons. The van der Waals surface area contributed by atoms with Crippen LogP contribution in [0.25, 0.3) is 10.8 Å². The smallest absolute Gasteiger partial charge is 0.259 e. The summed E-state index contributed by atoms with van der Waals surface area (Å²) in [7, 11) is 0. The highest BCUT2D eigenvalue weighted by Gasteiger charge is 2.21. The Labute approximate surface area is 147 Å². The Kier molecular flexibility index (Phi) is 5.34. The summed E-state index contributed by atoms with van der Waals surface area (Å²) in [6, 6.07) is 8.17. The highest BCUT2D eigenvalue weighted by molar-refractivity contribution is 7.99. The first-order chi connectivity index (χ1) is 10.8. The van der Waals surface area contributed by atoms with E-state index in [1.807, 2.05) is 28.5 Å². The van der Waals surface area contributed by atoms with Gasteiger partial charge >= 0.3 is 0 Å². The van der Waals surface area contributed by atoms with Gasteiger partial charge in [-0.15, -0.1) is 24.2 Å². The summed E-state index contributed by atoms with van der Waals surface area (Å²) in [5.41, 5.74) is 1.57. The molecule has 0 N–H and O–H groups in total. The van der Waals surface area contributed by atoms with Gasteiger partial charge in [0.1, 0.15) is 0 Å². The van der Waals surface area contributed by atoms with E-state index in [2.05, 4.69) is 17.0 Å². The second kappa shape index (κ2) is 7.29. The maximum Gasteiger partial charge on any atom is 0.259 e. The molecule has 0 bridgehead atoms. The van der Waals surface area contributed by atoms with Crippen LogP contribution in [0.1, 0.15) is 31.2 Å². The molecule has 0 unspecified atom stereocenters. The van der Waals surface area contributed by atoms with E-state index in [9.17, 15) is 4.79 Å². The van der Waals surface area contributed by atoms with Crippen molar-refractivity contribution in [3.63, 3.8) is 0 Å². The lowest BCUT2D eigenvalue weighted by atomic mass is 10.0. The first-order valence-corrected chi connectivity index (χ1v) is 9.33. The molecule has 0 atom stereocenters. The minimum absolute atomic E-state index is 0. The van der Waals surface area contributed by atoms with Gasteiger partial charge in [0.2, 0.25) is 0 Å². The van der Waals surface area contributed by atoms with Crippen molar-refractivity contribution in [2.24, 2.45) is 0 Å². The van der Waals surface area contributed by atoms with Gasteiger partial charge in [0.25, 0.3) is 5.56 Å². The van der Waals surface area contributed by atoms with Crippen molar-refractivity contribution in [2.45, 2.75) is 43.8 Å². The van der Waals surface area contributed by atoms with Gasteiger partial charge in [0.05, 0.1) is 5.03 Å². The fourth-order valence-electron chi connectivity index (χ4n) is 3.70. The minimum Gasteiger partial charge on any atom is -0.302 e. The van der Waals surface area contributed by atoms with Crippen LogP contribution in [-0.4, -0.2) is 28.3 Å². The van der Waals surface area contributed by atoms with Crippen LogP contribution in [0.2, 0.25) is 0 Å². The molecule has 0 amide bonds. The second-order valence-corrected chi connectivity index (χ2v) is 7.41. The minimum atomic E-state index is 0. The summed E-state index contributed by atoms with van der Waals surface area (Å²) in [5, 5.41) is 3.28. The standard InChI is InChI=1S/C18H22N2OS.ClH/c21-17-15-8-3-2-7-14(15)16(13-19-9-4-1-5-10-19)18-20(17)11-6-12-22-18;/h2-3,7-8H,1,4-6,9-13H2;1H. The van der Waals surface area contributed by atoms with Crippen LogP contribution in [0.3, 0.4) is 0 Å². The van der Waals surface area contributed by atoms with Gasteiger partial charge in [-0.05, 0) is 43.8 Å². The van der Waals surface area contributed by atoms with Crippen LogP contribution in [0, 0.1) is 0 Å². The maximum absolute atomic E-state index is 12.8. The third-order valence-electron chi connectivity index (χ3n) is 4.83. The van der Waals surface area contributed by atoms with E-state index in [1.54, 1.807) is 0 Å². The summed E-state index contributed by atoms with van der Waals surface area (Å²) in [5.74, 6) is 1.13. The predicted molar refractivity (Wildman–Crippen MR) is 99.9 cm³/mol. The maximum atomic E-state index is 12.8. The van der Waals surface area contributed by atoms with E-state index in [1.165, 1.54) is 48.3 Å². The molecule has 2 aromatic rings. The first-order valence-electron chi connectivity index (χ1n) is 8.34. The first kappa shape index (κ1) is 16.9. The number of benzene rings is 1. The molecule has 1 aromatic heterocycles. The summed E-state index contributed by atoms with van der Waals surface area (Å²) in [6.45, 7) is 4.25. The SMILES string of the molecule is Cl.O=c1c2ccccc2c(CN2CCCCC2)c2n1CCCS2. The second-order valence-electron chi connectivity index (χ2n) is 6.32. The number of hydrogen-bond donors (Lipinski definition) is 0. The van der Waals surface area contributed by atoms with Gasteiger partial charge < -0.3 is 4.57 Å². The predicted octanol–water partition coefficient (Wildman–Crippen LogP) is 3.91. The molecule has 0 spiro atoms. The Morgan fingerprint density at radius 2 is 1.70 bits per heavy atom. The number of likely N-dealkylation sites (tertiary alicyclic amines) is 1. The van der Waals surface area contributed by atoms with E-state index in [4.69, 9.17) is 0 Å².